The van der Waals surface area contributed by atoms with Crippen LogP contribution in [0.25, 0.3) is 0 Å². The largest absolute Gasteiger partial charge is 0.414 e. The van der Waals surface area contributed by atoms with Gasteiger partial charge >= 0.3 is 0 Å². The van der Waals surface area contributed by atoms with Gasteiger partial charge in [0.1, 0.15) is 36.6 Å². The van der Waals surface area contributed by atoms with Crippen molar-refractivity contribution >= 4 is 25.0 Å². The summed E-state index contributed by atoms with van der Waals surface area (Å²) in [5, 5.41) is 23.0. The van der Waals surface area contributed by atoms with Crippen molar-refractivity contribution < 1.29 is 37.7 Å². The Kier molecular flexibility index (Phi) is 10.7. The second-order valence-electron chi connectivity index (χ2n) is 16.9. The van der Waals surface area contributed by atoms with Crippen LogP contribution >= 0.6 is 0 Å². The summed E-state index contributed by atoms with van der Waals surface area (Å²) in [5.74, 6) is -0.906. The van der Waals surface area contributed by atoms with Gasteiger partial charge in [0.25, 0.3) is 0 Å². The molecule has 2 aliphatic heterocycles. The number of hydrogen-bond donors (Lipinski definition) is 2. The summed E-state index contributed by atoms with van der Waals surface area (Å²) in [5.41, 5.74) is 0. The Hall–Kier alpha value is 0.331. The van der Waals surface area contributed by atoms with Gasteiger partial charge in [0.2, 0.25) is 0 Å². The zero-order chi connectivity index (χ0) is 31.5. The van der Waals surface area contributed by atoms with Crippen LogP contribution in [0.4, 0.5) is 0 Å². The number of aliphatic hydroxyl groups is 2. The van der Waals surface area contributed by atoms with E-state index in [1.807, 2.05) is 13.8 Å². The first kappa shape index (κ1) is 36.5. The minimum Gasteiger partial charge on any atom is -0.414 e. The number of aliphatic hydroxyl groups excluding tert-OH is 2. The van der Waals surface area contributed by atoms with E-state index in [9.17, 15) is 10.2 Å². The molecule has 0 saturated carbocycles. The van der Waals surface area contributed by atoms with Crippen molar-refractivity contribution in [1.82, 2.24) is 0 Å². The molecule has 238 valence electrons. The molecule has 8 nitrogen and oxygen atoms in total. The normalized spacial score (nSPS) is 31.6. The van der Waals surface area contributed by atoms with Crippen molar-refractivity contribution in [3.63, 3.8) is 0 Å². The van der Waals surface area contributed by atoms with Crippen molar-refractivity contribution in [3.05, 3.63) is 0 Å². The molecule has 2 N–H and O–H groups in total. The molecule has 2 aliphatic rings. The van der Waals surface area contributed by atoms with Crippen LogP contribution in [-0.2, 0) is 27.5 Å². The lowest BCUT2D eigenvalue weighted by Crippen LogP contribution is -2.57. The summed E-state index contributed by atoms with van der Waals surface area (Å²) in [6, 6.07) is 0. The van der Waals surface area contributed by atoms with Crippen molar-refractivity contribution in [2.24, 2.45) is 0 Å². The minimum atomic E-state index is -2.35. The Balaban J connectivity index is 2.43. The fraction of sp³-hybridized carbons (Fsp3) is 1.00. The van der Waals surface area contributed by atoms with Gasteiger partial charge in [0.05, 0.1) is 6.61 Å². The van der Waals surface area contributed by atoms with E-state index in [1.165, 1.54) is 0 Å². The molecule has 2 saturated heterocycles. The van der Waals surface area contributed by atoms with Crippen LogP contribution in [-0.4, -0.2) is 90.5 Å². The number of ether oxygens (including phenoxy) is 3. The summed E-state index contributed by atoms with van der Waals surface area (Å²) in [7, 11) is -6.74. The minimum absolute atomic E-state index is 0.0329. The van der Waals surface area contributed by atoms with Gasteiger partial charge in [-0.15, -0.1) is 0 Å². The van der Waals surface area contributed by atoms with E-state index in [4.69, 9.17) is 27.5 Å². The lowest BCUT2D eigenvalue weighted by atomic mass is 9.98. The molecule has 0 bridgehead atoms. The first-order valence-electron chi connectivity index (χ1n) is 14.9. The maximum Gasteiger partial charge on any atom is 0.192 e. The van der Waals surface area contributed by atoms with E-state index in [-0.39, 0.29) is 15.1 Å². The van der Waals surface area contributed by atoms with Gasteiger partial charge in [-0.3, -0.25) is 0 Å². The van der Waals surface area contributed by atoms with Gasteiger partial charge in [-0.2, -0.15) is 0 Å². The van der Waals surface area contributed by atoms with E-state index in [1.54, 1.807) is 0 Å². The summed E-state index contributed by atoms with van der Waals surface area (Å²) in [4.78, 5) is 0. The molecule has 0 aliphatic carbocycles. The molecule has 0 radical (unpaired) electrons. The fourth-order valence-corrected chi connectivity index (χ4v) is 7.81. The molecule has 0 aromatic heterocycles. The fourth-order valence-electron chi connectivity index (χ4n) is 4.21. The van der Waals surface area contributed by atoms with Crippen LogP contribution < -0.4 is 0 Å². The molecule has 0 spiro atoms. The lowest BCUT2D eigenvalue weighted by Gasteiger charge is -2.44. The van der Waals surface area contributed by atoms with E-state index in [0.717, 1.165) is 0 Å². The first-order chi connectivity index (χ1) is 17.5. The summed E-state index contributed by atoms with van der Waals surface area (Å²) < 4.78 is 38.8. The molecule has 2 rings (SSSR count). The second-order valence-corrected chi connectivity index (χ2v) is 31.2. The standard InChI is InChI=1S/C29H62O8Si3/c1-26(2,3)38(12,13)32-18-19-21(35-29(10,11)34-19)20(30)22-23(36-39(14,15)27(4,5)6)24(25(31)33-22)37-40(16,17)28(7,8)9/h19-25,30-31H,18H2,1-17H3/t19-,20+,21+,22-,23-,24+,25?/m0/s1. The number of hydrogen-bond acceptors (Lipinski definition) is 8. The zero-order valence-electron chi connectivity index (χ0n) is 28.6. The highest BCUT2D eigenvalue weighted by molar-refractivity contribution is 6.75. The Morgan fingerprint density at radius 2 is 1.12 bits per heavy atom. The zero-order valence-corrected chi connectivity index (χ0v) is 31.6. The Morgan fingerprint density at radius 3 is 1.55 bits per heavy atom. The summed E-state index contributed by atoms with van der Waals surface area (Å²) in [6.07, 6.45) is -5.87. The monoisotopic (exact) mass is 622 g/mol. The predicted molar refractivity (Wildman–Crippen MR) is 168 cm³/mol. The molecule has 7 atom stereocenters. The third kappa shape index (κ3) is 8.08. The van der Waals surface area contributed by atoms with Gasteiger partial charge in [-0.25, -0.2) is 0 Å². The molecule has 0 aromatic rings. The Bertz CT molecular complexity index is 857. The summed E-state index contributed by atoms with van der Waals surface area (Å²) >= 11 is 0. The molecule has 2 heterocycles. The van der Waals surface area contributed by atoms with Crippen molar-refractivity contribution in [3.8, 4) is 0 Å². The smallest absolute Gasteiger partial charge is 0.192 e. The lowest BCUT2D eigenvalue weighted by molar-refractivity contribution is -0.182. The third-order valence-corrected chi connectivity index (χ3v) is 23.5. The van der Waals surface area contributed by atoms with E-state index in [2.05, 4.69) is 102 Å². The maximum absolute atomic E-state index is 11.9. The molecule has 0 amide bonds. The van der Waals surface area contributed by atoms with Gasteiger partial charge in [-0.05, 0) is 68.2 Å². The Labute approximate surface area is 248 Å². The van der Waals surface area contributed by atoms with E-state index < -0.39 is 73.7 Å². The molecule has 2 fully saturated rings. The molecular weight excluding hydrogens is 561 g/mol. The molecule has 40 heavy (non-hydrogen) atoms. The maximum atomic E-state index is 11.9. The van der Waals surface area contributed by atoms with Crippen LogP contribution in [0.1, 0.15) is 76.2 Å². The van der Waals surface area contributed by atoms with Gasteiger partial charge in [0.15, 0.2) is 37.0 Å². The van der Waals surface area contributed by atoms with Crippen molar-refractivity contribution in [2.45, 2.75) is 179 Å². The topological polar surface area (TPSA) is 95.8 Å². The van der Waals surface area contributed by atoms with Crippen LogP contribution in [0, 0.1) is 0 Å². The average molecular weight is 623 g/mol. The molecule has 0 aromatic carbocycles. The molecular formula is C29H62O8Si3. The third-order valence-electron chi connectivity index (χ3n) is 10.0. The van der Waals surface area contributed by atoms with Crippen LogP contribution in [0.5, 0.6) is 0 Å². The van der Waals surface area contributed by atoms with Crippen LogP contribution in [0.2, 0.25) is 54.4 Å². The van der Waals surface area contributed by atoms with Crippen LogP contribution in [0.3, 0.4) is 0 Å². The van der Waals surface area contributed by atoms with Gasteiger partial charge in [-0.1, -0.05) is 62.3 Å². The highest BCUT2D eigenvalue weighted by Crippen LogP contribution is 2.45. The van der Waals surface area contributed by atoms with Gasteiger partial charge in [0, 0.05) is 0 Å². The van der Waals surface area contributed by atoms with E-state index in [0.29, 0.717) is 6.61 Å². The highest BCUT2D eigenvalue weighted by atomic mass is 28.4. The quantitative estimate of drug-likeness (QED) is 0.286. The SMILES string of the molecule is CC1(C)O[C@@H]([C@@H](O)[C@@H]2OC(O)[C@H](O[Si](C)(C)C(C)(C)C)[C@H]2O[Si](C)(C)C(C)(C)C)[C@H](CO[Si](C)(C)C(C)(C)C)O1. The first-order valence-corrected chi connectivity index (χ1v) is 23.6. The predicted octanol–water partition coefficient (Wildman–Crippen LogP) is 6.39. The van der Waals surface area contributed by atoms with Gasteiger partial charge < -0.3 is 37.7 Å². The molecule has 11 heteroatoms. The highest BCUT2D eigenvalue weighted by Gasteiger charge is 2.58. The number of rotatable bonds is 9. The van der Waals surface area contributed by atoms with Crippen LogP contribution in [0.15, 0.2) is 0 Å². The van der Waals surface area contributed by atoms with Crippen molar-refractivity contribution in [2.75, 3.05) is 6.61 Å². The second kappa shape index (κ2) is 11.7. The van der Waals surface area contributed by atoms with Crippen molar-refractivity contribution in [1.29, 1.82) is 0 Å². The molecule has 1 unspecified atom stereocenters. The summed E-state index contributed by atoms with van der Waals surface area (Å²) in [6.45, 7) is 36.6. The Morgan fingerprint density at radius 1 is 0.700 bits per heavy atom. The van der Waals surface area contributed by atoms with E-state index >= 15 is 0 Å². The average Bonchev–Trinajstić information content (AvgIpc) is 3.19.